The van der Waals surface area contributed by atoms with Gasteiger partial charge in [0.2, 0.25) is 0 Å². The van der Waals surface area contributed by atoms with Gasteiger partial charge in [0.1, 0.15) is 6.33 Å². The SMILES string of the molecule is CCc1ccc(Br)cc1C(=O)NCCn1cnnn1. The first-order valence-electron chi connectivity index (χ1n) is 5.98. The number of aryl methyl sites for hydroxylation is 1. The van der Waals surface area contributed by atoms with E-state index in [2.05, 4.69) is 36.8 Å². The summed E-state index contributed by atoms with van der Waals surface area (Å²) in [7, 11) is 0. The van der Waals surface area contributed by atoms with Gasteiger partial charge in [0, 0.05) is 16.6 Å². The van der Waals surface area contributed by atoms with Crippen LogP contribution in [0, 0.1) is 0 Å². The van der Waals surface area contributed by atoms with Crippen LogP contribution in [0.1, 0.15) is 22.8 Å². The lowest BCUT2D eigenvalue weighted by molar-refractivity contribution is 0.0951. The molecular formula is C12H14BrN5O. The van der Waals surface area contributed by atoms with Crippen LogP contribution in [0.5, 0.6) is 0 Å². The van der Waals surface area contributed by atoms with Crippen molar-refractivity contribution in [3.63, 3.8) is 0 Å². The summed E-state index contributed by atoms with van der Waals surface area (Å²) in [5.41, 5.74) is 1.73. The molecule has 0 aliphatic heterocycles. The van der Waals surface area contributed by atoms with Crippen molar-refractivity contribution < 1.29 is 4.79 Å². The summed E-state index contributed by atoms with van der Waals surface area (Å²) in [6.07, 6.45) is 2.34. The van der Waals surface area contributed by atoms with E-state index in [0.717, 1.165) is 16.5 Å². The van der Waals surface area contributed by atoms with Crippen LogP contribution in [0.15, 0.2) is 29.0 Å². The molecule has 0 aliphatic rings. The molecule has 0 fully saturated rings. The Balaban J connectivity index is 1.97. The van der Waals surface area contributed by atoms with Gasteiger partial charge >= 0.3 is 0 Å². The first kappa shape index (κ1) is 13.7. The van der Waals surface area contributed by atoms with Crippen LogP contribution in [0.25, 0.3) is 0 Å². The molecule has 0 bridgehead atoms. The third-order valence-corrected chi connectivity index (χ3v) is 3.21. The predicted octanol–water partition coefficient (Wildman–Crippen LogP) is 1.43. The van der Waals surface area contributed by atoms with Crippen molar-refractivity contribution in [1.82, 2.24) is 25.5 Å². The monoisotopic (exact) mass is 323 g/mol. The molecule has 7 heteroatoms. The molecule has 0 saturated heterocycles. The smallest absolute Gasteiger partial charge is 0.251 e. The summed E-state index contributed by atoms with van der Waals surface area (Å²) in [6, 6.07) is 5.74. The minimum absolute atomic E-state index is 0.0776. The molecule has 1 aromatic carbocycles. The van der Waals surface area contributed by atoms with Gasteiger partial charge in [-0.2, -0.15) is 0 Å². The highest BCUT2D eigenvalue weighted by atomic mass is 79.9. The Morgan fingerprint density at radius 2 is 2.32 bits per heavy atom. The minimum atomic E-state index is -0.0776. The first-order chi connectivity index (χ1) is 9.20. The predicted molar refractivity (Wildman–Crippen MR) is 73.7 cm³/mol. The van der Waals surface area contributed by atoms with Crippen molar-refractivity contribution in [1.29, 1.82) is 0 Å². The van der Waals surface area contributed by atoms with E-state index >= 15 is 0 Å². The second-order valence-corrected chi connectivity index (χ2v) is 4.90. The van der Waals surface area contributed by atoms with Crippen LogP contribution in [0.2, 0.25) is 0 Å². The molecule has 1 heterocycles. The number of halogens is 1. The van der Waals surface area contributed by atoms with Crippen LogP contribution in [0.3, 0.4) is 0 Å². The number of rotatable bonds is 5. The number of hydrogen-bond acceptors (Lipinski definition) is 4. The Morgan fingerprint density at radius 3 is 3.00 bits per heavy atom. The Bertz CT molecular complexity index is 555. The molecule has 1 N–H and O–H groups in total. The zero-order valence-electron chi connectivity index (χ0n) is 10.5. The second kappa shape index (κ2) is 6.42. The molecule has 0 unspecified atom stereocenters. The molecular weight excluding hydrogens is 310 g/mol. The van der Waals surface area contributed by atoms with Gasteiger partial charge in [-0.25, -0.2) is 4.68 Å². The molecule has 19 heavy (non-hydrogen) atoms. The zero-order chi connectivity index (χ0) is 13.7. The summed E-state index contributed by atoms with van der Waals surface area (Å²) < 4.78 is 2.47. The average molecular weight is 324 g/mol. The Kier molecular flexibility index (Phi) is 4.62. The van der Waals surface area contributed by atoms with Crippen molar-refractivity contribution in [2.24, 2.45) is 0 Å². The number of amides is 1. The summed E-state index contributed by atoms with van der Waals surface area (Å²) in [4.78, 5) is 12.1. The van der Waals surface area contributed by atoms with Gasteiger partial charge in [0.25, 0.3) is 5.91 Å². The van der Waals surface area contributed by atoms with Gasteiger partial charge in [-0.3, -0.25) is 4.79 Å². The lowest BCUT2D eigenvalue weighted by atomic mass is 10.0. The van der Waals surface area contributed by atoms with Gasteiger partial charge < -0.3 is 5.32 Å². The fraction of sp³-hybridized carbons (Fsp3) is 0.333. The van der Waals surface area contributed by atoms with E-state index in [9.17, 15) is 4.79 Å². The number of benzene rings is 1. The summed E-state index contributed by atoms with van der Waals surface area (Å²) >= 11 is 3.38. The molecule has 2 rings (SSSR count). The third kappa shape index (κ3) is 3.60. The second-order valence-electron chi connectivity index (χ2n) is 3.98. The largest absolute Gasteiger partial charge is 0.350 e. The Hall–Kier alpha value is -1.76. The first-order valence-corrected chi connectivity index (χ1v) is 6.77. The van der Waals surface area contributed by atoms with E-state index in [1.54, 1.807) is 4.68 Å². The van der Waals surface area contributed by atoms with Crippen LogP contribution in [0.4, 0.5) is 0 Å². The number of carbonyl (C=O) groups is 1. The quantitative estimate of drug-likeness (QED) is 0.903. The van der Waals surface area contributed by atoms with Crippen molar-refractivity contribution >= 4 is 21.8 Å². The Morgan fingerprint density at radius 1 is 1.47 bits per heavy atom. The lowest BCUT2D eigenvalue weighted by Crippen LogP contribution is -2.28. The highest BCUT2D eigenvalue weighted by Crippen LogP contribution is 2.17. The van der Waals surface area contributed by atoms with Crippen molar-refractivity contribution in [3.05, 3.63) is 40.1 Å². The van der Waals surface area contributed by atoms with Gasteiger partial charge in [0.05, 0.1) is 6.54 Å². The number of nitrogens with one attached hydrogen (secondary N) is 1. The van der Waals surface area contributed by atoms with Crippen LogP contribution in [-0.2, 0) is 13.0 Å². The Labute approximate surface area is 119 Å². The molecule has 0 spiro atoms. The van der Waals surface area contributed by atoms with E-state index in [-0.39, 0.29) is 5.91 Å². The maximum absolute atomic E-state index is 12.1. The van der Waals surface area contributed by atoms with Gasteiger partial charge in [-0.05, 0) is 34.5 Å². The molecule has 1 amide bonds. The van der Waals surface area contributed by atoms with E-state index in [4.69, 9.17) is 0 Å². The van der Waals surface area contributed by atoms with Crippen LogP contribution in [-0.4, -0.2) is 32.7 Å². The standard InChI is InChI=1S/C12H14BrN5O/c1-2-9-3-4-10(13)7-11(9)12(19)14-5-6-18-8-15-16-17-18/h3-4,7-8H,2,5-6H2,1H3,(H,14,19). The number of hydrogen-bond donors (Lipinski definition) is 1. The third-order valence-electron chi connectivity index (χ3n) is 2.72. The van der Waals surface area contributed by atoms with Crippen LogP contribution < -0.4 is 5.32 Å². The maximum Gasteiger partial charge on any atom is 0.251 e. The topological polar surface area (TPSA) is 72.7 Å². The van der Waals surface area contributed by atoms with E-state index in [1.807, 2.05) is 25.1 Å². The minimum Gasteiger partial charge on any atom is -0.350 e. The molecule has 0 atom stereocenters. The number of nitrogens with zero attached hydrogens (tertiary/aromatic N) is 4. The number of carbonyl (C=O) groups excluding carboxylic acids is 1. The molecule has 2 aromatic rings. The maximum atomic E-state index is 12.1. The summed E-state index contributed by atoms with van der Waals surface area (Å²) in [5, 5.41) is 13.7. The molecule has 0 saturated carbocycles. The van der Waals surface area contributed by atoms with Crippen molar-refractivity contribution in [2.75, 3.05) is 6.54 Å². The molecule has 1 aromatic heterocycles. The summed E-state index contributed by atoms with van der Waals surface area (Å²) in [6.45, 7) is 3.06. The van der Waals surface area contributed by atoms with Crippen molar-refractivity contribution in [3.8, 4) is 0 Å². The van der Waals surface area contributed by atoms with Crippen molar-refractivity contribution in [2.45, 2.75) is 19.9 Å². The van der Waals surface area contributed by atoms with Gasteiger partial charge in [-0.1, -0.05) is 28.9 Å². The van der Waals surface area contributed by atoms with Crippen LogP contribution >= 0.6 is 15.9 Å². The zero-order valence-corrected chi connectivity index (χ0v) is 12.1. The molecule has 100 valence electrons. The fourth-order valence-electron chi connectivity index (χ4n) is 1.73. The normalized spacial score (nSPS) is 10.4. The number of tetrazole rings is 1. The average Bonchev–Trinajstić information content (AvgIpc) is 2.91. The van der Waals surface area contributed by atoms with E-state index < -0.39 is 0 Å². The fourth-order valence-corrected chi connectivity index (χ4v) is 2.09. The van der Waals surface area contributed by atoms with Gasteiger partial charge in [-0.15, -0.1) is 5.10 Å². The summed E-state index contributed by atoms with van der Waals surface area (Å²) in [5.74, 6) is -0.0776. The lowest BCUT2D eigenvalue weighted by Gasteiger charge is -2.09. The van der Waals surface area contributed by atoms with E-state index in [0.29, 0.717) is 18.7 Å². The van der Waals surface area contributed by atoms with Gasteiger partial charge in [0.15, 0.2) is 0 Å². The molecule has 0 radical (unpaired) electrons. The highest BCUT2D eigenvalue weighted by molar-refractivity contribution is 9.10. The highest BCUT2D eigenvalue weighted by Gasteiger charge is 2.10. The molecule has 0 aliphatic carbocycles. The number of aromatic nitrogens is 4. The van der Waals surface area contributed by atoms with E-state index in [1.165, 1.54) is 6.33 Å². The molecule has 6 nitrogen and oxygen atoms in total.